The average Bonchev–Trinajstić information content (AvgIpc) is 2.79. The number of carbonyl (C=O) groups is 1. The molecule has 18 heavy (non-hydrogen) atoms. The van der Waals surface area contributed by atoms with Crippen molar-refractivity contribution >= 4 is 32.7 Å². The minimum absolute atomic E-state index is 0.334. The molecule has 5 nitrogen and oxygen atoms in total. The van der Waals surface area contributed by atoms with Crippen molar-refractivity contribution in [2.45, 2.75) is 0 Å². The zero-order valence-corrected chi connectivity index (χ0v) is 11.0. The third-order valence-electron chi connectivity index (χ3n) is 2.39. The van der Waals surface area contributed by atoms with Crippen LogP contribution in [0.25, 0.3) is 10.2 Å². The molecule has 0 amide bonds. The van der Waals surface area contributed by atoms with E-state index in [0.29, 0.717) is 18.7 Å². The molecule has 2 aromatic rings. The lowest BCUT2D eigenvalue weighted by Crippen LogP contribution is -2.06. The van der Waals surface area contributed by atoms with Gasteiger partial charge in [-0.15, -0.1) is 0 Å². The second-order valence-electron chi connectivity index (χ2n) is 3.61. The highest BCUT2D eigenvalue weighted by Gasteiger charge is 2.09. The van der Waals surface area contributed by atoms with Crippen LogP contribution in [0.1, 0.15) is 10.4 Å². The standard InChI is InChI=1S/C12H14N2O3S/c1-16-6-5-13-12-14-9-4-3-8(11(15)17-2)7-10(9)18-12/h3-4,7H,5-6H2,1-2H3,(H,13,14). The normalized spacial score (nSPS) is 10.6. The number of benzene rings is 1. The SMILES string of the molecule is COCCNc1nc2ccc(C(=O)OC)cc2s1. The quantitative estimate of drug-likeness (QED) is 0.663. The number of rotatable bonds is 5. The Morgan fingerprint density at radius 1 is 1.44 bits per heavy atom. The maximum atomic E-state index is 11.4. The Bertz CT molecular complexity index is 553. The van der Waals surface area contributed by atoms with Crippen molar-refractivity contribution in [2.24, 2.45) is 0 Å². The summed E-state index contributed by atoms with van der Waals surface area (Å²) >= 11 is 1.50. The van der Waals surface area contributed by atoms with Gasteiger partial charge in [0.1, 0.15) is 0 Å². The van der Waals surface area contributed by atoms with E-state index in [-0.39, 0.29) is 5.97 Å². The van der Waals surface area contributed by atoms with Crippen molar-refractivity contribution < 1.29 is 14.3 Å². The summed E-state index contributed by atoms with van der Waals surface area (Å²) in [6.45, 7) is 1.34. The Morgan fingerprint density at radius 2 is 2.28 bits per heavy atom. The third-order valence-corrected chi connectivity index (χ3v) is 3.37. The second-order valence-corrected chi connectivity index (χ2v) is 4.64. The van der Waals surface area contributed by atoms with Crippen molar-refractivity contribution in [3.05, 3.63) is 23.8 Å². The fourth-order valence-electron chi connectivity index (χ4n) is 1.51. The molecule has 6 heteroatoms. The number of anilines is 1. The van der Waals surface area contributed by atoms with E-state index in [4.69, 9.17) is 4.74 Å². The van der Waals surface area contributed by atoms with Crippen molar-refractivity contribution in [2.75, 3.05) is 32.7 Å². The van der Waals surface area contributed by atoms with Crippen molar-refractivity contribution in [3.8, 4) is 0 Å². The summed E-state index contributed by atoms with van der Waals surface area (Å²) in [6, 6.07) is 5.33. The molecule has 1 heterocycles. The van der Waals surface area contributed by atoms with Gasteiger partial charge in [-0.25, -0.2) is 9.78 Å². The van der Waals surface area contributed by atoms with Gasteiger partial charge in [-0.3, -0.25) is 0 Å². The summed E-state index contributed by atoms with van der Waals surface area (Å²) in [6.07, 6.45) is 0. The highest BCUT2D eigenvalue weighted by Crippen LogP contribution is 2.26. The number of ether oxygens (including phenoxy) is 2. The van der Waals surface area contributed by atoms with Crippen molar-refractivity contribution in [1.29, 1.82) is 0 Å². The van der Waals surface area contributed by atoms with Gasteiger partial charge in [-0.05, 0) is 18.2 Å². The zero-order valence-electron chi connectivity index (χ0n) is 10.2. The van der Waals surface area contributed by atoms with Gasteiger partial charge in [0.05, 0.1) is 29.5 Å². The van der Waals surface area contributed by atoms with E-state index in [9.17, 15) is 4.79 Å². The molecule has 0 saturated heterocycles. The van der Waals surface area contributed by atoms with E-state index in [1.807, 2.05) is 6.07 Å². The molecule has 0 unspecified atom stereocenters. The molecule has 0 saturated carbocycles. The first-order valence-electron chi connectivity index (χ1n) is 5.46. The monoisotopic (exact) mass is 266 g/mol. The number of methoxy groups -OCH3 is 2. The van der Waals surface area contributed by atoms with Crippen molar-refractivity contribution in [3.63, 3.8) is 0 Å². The maximum absolute atomic E-state index is 11.4. The van der Waals surface area contributed by atoms with Crippen LogP contribution in [-0.4, -0.2) is 38.3 Å². The summed E-state index contributed by atoms with van der Waals surface area (Å²) < 4.78 is 10.6. The minimum Gasteiger partial charge on any atom is -0.465 e. The maximum Gasteiger partial charge on any atom is 0.337 e. The molecular formula is C12H14N2O3S. The van der Waals surface area contributed by atoms with E-state index in [0.717, 1.165) is 15.3 Å². The van der Waals surface area contributed by atoms with Crippen LogP contribution in [0.5, 0.6) is 0 Å². The van der Waals surface area contributed by atoms with Crippen LogP contribution in [0.4, 0.5) is 5.13 Å². The smallest absolute Gasteiger partial charge is 0.337 e. The molecule has 1 N–H and O–H groups in total. The highest BCUT2D eigenvalue weighted by molar-refractivity contribution is 7.22. The Kier molecular flexibility index (Phi) is 4.11. The zero-order chi connectivity index (χ0) is 13.0. The summed E-state index contributed by atoms with van der Waals surface area (Å²) in [5, 5.41) is 3.99. The number of hydrogen-bond acceptors (Lipinski definition) is 6. The summed E-state index contributed by atoms with van der Waals surface area (Å²) in [4.78, 5) is 15.8. The Labute approximate surface area is 109 Å². The molecule has 0 fully saturated rings. The molecule has 2 rings (SSSR count). The molecule has 0 radical (unpaired) electrons. The predicted octanol–water partition coefficient (Wildman–Crippen LogP) is 2.14. The van der Waals surface area contributed by atoms with E-state index < -0.39 is 0 Å². The third kappa shape index (κ3) is 2.77. The van der Waals surface area contributed by atoms with Crippen LogP contribution in [0.15, 0.2) is 18.2 Å². The largest absolute Gasteiger partial charge is 0.465 e. The first kappa shape index (κ1) is 12.8. The summed E-state index contributed by atoms with van der Waals surface area (Å²) in [7, 11) is 3.03. The van der Waals surface area contributed by atoms with Gasteiger partial charge in [-0.1, -0.05) is 11.3 Å². The number of carbonyl (C=O) groups excluding carboxylic acids is 1. The first-order valence-corrected chi connectivity index (χ1v) is 6.28. The molecule has 0 atom stereocenters. The Balaban J connectivity index is 2.20. The van der Waals surface area contributed by atoms with E-state index in [1.54, 1.807) is 19.2 Å². The molecule has 0 aliphatic carbocycles. The Hall–Kier alpha value is -1.66. The fraction of sp³-hybridized carbons (Fsp3) is 0.333. The van der Waals surface area contributed by atoms with Gasteiger partial charge in [0.15, 0.2) is 5.13 Å². The number of esters is 1. The number of aromatic nitrogens is 1. The number of thiazole rings is 1. The van der Waals surface area contributed by atoms with Crippen molar-refractivity contribution in [1.82, 2.24) is 4.98 Å². The summed E-state index contributed by atoms with van der Waals surface area (Å²) in [5.41, 5.74) is 1.41. The van der Waals surface area contributed by atoms with Crippen LogP contribution in [0.2, 0.25) is 0 Å². The number of nitrogens with zero attached hydrogens (tertiary/aromatic N) is 1. The topological polar surface area (TPSA) is 60.5 Å². The number of nitrogens with one attached hydrogen (secondary N) is 1. The molecule has 96 valence electrons. The second kappa shape index (κ2) is 5.79. The molecule has 0 aliphatic rings. The van der Waals surface area contributed by atoms with Gasteiger partial charge in [0.2, 0.25) is 0 Å². The van der Waals surface area contributed by atoms with E-state index >= 15 is 0 Å². The van der Waals surface area contributed by atoms with Crippen LogP contribution in [-0.2, 0) is 9.47 Å². The molecule has 0 spiro atoms. The van der Waals surface area contributed by atoms with Gasteiger partial charge >= 0.3 is 5.97 Å². The lowest BCUT2D eigenvalue weighted by atomic mass is 10.2. The fourth-order valence-corrected chi connectivity index (χ4v) is 2.44. The lowest BCUT2D eigenvalue weighted by molar-refractivity contribution is 0.0601. The lowest BCUT2D eigenvalue weighted by Gasteiger charge is -1.99. The van der Waals surface area contributed by atoms with Gasteiger partial charge in [0.25, 0.3) is 0 Å². The van der Waals surface area contributed by atoms with Crippen LogP contribution < -0.4 is 5.32 Å². The van der Waals surface area contributed by atoms with Crippen LogP contribution >= 0.6 is 11.3 Å². The number of fused-ring (bicyclic) bond motifs is 1. The van der Waals surface area contributed by atoms with E-state index in [2.05, 4.69) is 15.0 Å². The average molecular weight is 266 g/mol. The van der Waals surface area contributed by atoms with Gasteiger partial charge in [-0.2, -0.15) is 0 Å². The first-order chi connectivity index (χ1) is 8.74. The van der Waals surface area contributed by atoms with Gasteiger partial charge < -0.3 is 14.8 Å². The predicted molar refractivity (Wildman–Crippen MR) is 71.3 cm³/mol. The molecule has 0 aliphatic heterocycles. The van der Waals surface area contributed by atoms with Crippen LogP contribution in [0.3, 0.4) is 0 Å². The molecular weight excluding hydrogens is 252 g/mol. The Morgan fingerprint density at radius 3 is 3.00 bits per heavy atom. The molecule has 1 aromatic carbocycles. The minimum atomic E-state index is -0.334. The molecule has 1 aromatic heterocycles. The summed E-state index contributed by atoms with van der Waals surface area (Å²) in [5.74, 6) is -0.334. The van der Waals surface area contributed by atoms with Gasteiger partial charge in [0, 0.05) is 13.7 Å². The highest BCUT2D eigenvalue weighted by atomic mass is 32.1. The van der Waals surface area contributed by atoms with E-state index in [1.165, 1.54) is 18.4 Å². The molecule has 0 bridgehead atoms. The van der Waals surface area contributed by atoms with Crippen LogP contribution in [0, 0.1) is 0 Å². The number of hydrogen-bond donors (Lipinski definition) is 1.